The molecule has 4 heteroatoms. The fourth-order valence-electron chi connectivity index (χ4n) is 7.61. The van der Waals surface area contributed by atoms with Crippen molar-refractivity contribution in [2.75, 3.05) is 4.90 Å². The van der Waals surface area contributed by atoms with Crippen molar-refractivity contribution in [1.29, 1.82) is 0 Å². The number of hydrogen-bond donors (Lipinski definition) is 0. The summed E-state index contributed by atoms with van der Waals surface area (Å²) in [7, 11) is 0. The molecule has 0 spiro atoms. The van der Waals surface area contributed by atoms with Crippen LogP contribution in [0.2, 0.25) is 0 Å². The van der Waals surface area contributed by atoms with Gasteiger partial charge in [-0.05, 0) is 77.9 Å². The van der Waals surface area contributed by atoms with Crippen LogP contribution in [0, 0.1) is 0 Å². The third-order valence-corrected chi connectivity index (χ3v) is 12.4. The van der Waals surface area contributed by atoms with Crippen molar-refractivity contribution >= 4 is 80.1 Å². The van der Waals surface area contributed by atoms with Crippen molar-refractivity contribution in [2.45, 2.75) is 19.3 Å². The molecular weight excluding hydrogens is 635 g/mol. The van der Waals surface area contributed by atoms with Crippen LogP contribution in [0.15, 0.2) is 152 Å². The molecule has 0 amide bonds. The first-order valence-corrected chi connectivity index (χ1v) is 18.3. The number of para-hydroxylation sites is 1. The lowest BCUT2D eigenvalue weighted by atomic mass is 9.74. The van der Waals surface area contributed by atoms with Crippen LogP contribution in [0.3, 0.4) is 0 Å². The number of fused-ring (bicyclic) bond motifs is 9. The standard InChI is InChI=1S/C45H31NOS2/c1-45(2)36-23-25-41-43(35-13-7-9-15-40(35)48-41)44(36)47-38-24-18-29(26-37(38)45)28-16-19-31(20-17-28)46(30-10-4-3-5-11-30)32-21-22-34-33-12-6-8-14-39(33)49-42(34)27-32/h3-27H,1-2H3. The Morgan fingerprint density at radius 3 is 1.92 bits per heavy atom. The average molecular weight is 666 g/mol. The van der Waals surface area contributed by atoms with Gasteiger partial charge in [-0.1, -0.05) is 98.8 Å². The summed E-state index contributed by atoms with van der Waals surface area (Å²) in [5.41, 5.74) is 8.00. The first kappa shape index (κ1) is 28.6. The van der Waals surface area contributed by atoms with Crippen molar-refractivity contribution in [2.24, 2.45) is 0 Å². The van der Waals surface area contributed by atoms with Gasteiger partial charge in [0, 0.05) is 73.9 Å². The zero-order chi connectivity index (χ0) is 32.7. The fourth-order valence-corrected chi connectivity index (χ4v) is 9.85. The first-order chi connectivity index (χ1) is 24.0. The van der Waals surface area contributed by atoms with E-state index in [0.29, 0.717) is 0 Å². The predicted molar refractivity (Wildman–Crippen MR) is 211 cm³/mol. The van der Waals surface area contributed by atoms with Gasteiger partial charge in [0.15, 0.2) is 0 Å². The Kier molecular flexibility index (Phi) is 6.30. The number of rotatable bonds is 4. The van der Waals surface area contributed by atoms with Gasteiger partial charge < -0.3 is 9.64 Å². The van der Waals surface area contributed by atoms with Gasteiger partial charge in [0.05, 0.1) is 0 Å². The molecule has 0 N–H and O–H groups in total. The summed E-state index contributed by atoms with van der Waals surface area (Å²) < 4.78 is 12.0. The molecule has 7 aromatic carbocycles. The zero-order valence-corrected chi connectivity index (χ0v) is 28.7. The Bertz CT molecular complexity index is 2720. The highest BCUT2D eigenvalue weighted by molar-refractivity contribution is 7.26. The van der Waals surface area contributed by atoms with Crippen molar-refractivity contribution in [3.8, 4) is 22.6 Å². The van der Waals surface area contributed by atoms with Gasteiger partial charge in [-0.3, -0.25) is 0 Å². The Morgan fingerprint density at radius 2 is 1.10 bits per heavy atom. The van der Waals surface area contributed by atoms with Crippen LogP contribution < -0.4 is 9.64 Å². The molecule has 234 valence electrons. The minimum absolute atomic E-state index is 0.217. The molecular formula is C45H31NOS2. The number of thiophene rings is 2. The summed E-state index contributed by atoms with van der Waals surface area (Å²) in [6.45, 7) is 4.65. The number of benzene rings is 7. The number of anilines is 3. The molecule has 3 heterocycles. The maximum atomic E-state index is 6.78. The van der Waals surface area contributed by atoms with E-state index in [1.54, 1.807) is 0 Å². The second kappa shape index (κ2) is 10.8. The lowest BCUT2D eigenvalue weighted by molar-refractivity contribution is 0.423. The van der Waals surface area contributed by atoms with Gasteiger partial charge in [-0.15, -0.1) is 22.7 Å². The Labute approximate surface area is 293 Å². The summed E-state index contributed by atoms with van der Waals surface area (Å²) in [6.07, 6.45) is 0. The molecule has 0 radical (unpaired) electrons. The van der Waals surface area contributed by atoms with Gasteiger partial charge >= 0.3 is 0 Å². The molecule has 1 aliphatic heterocycles. The highest BCUT2D eigenvalue weighted by Gasteiger charge is 2.36. The second-order valence-corrected chi connectivity index (χ2v) is 15.5. The molecule has 2 nitrogen and oxygen atoms in total. The molecule has 49 heavy (non-hydrogen) atoms. The maximum Gasteiger partial charge on any atom is 0.140 e. The molecule has 0 saturated carbocycles. The Morgan fingerprint density at radius 1 is 0.469 bits per heavy atom. The summed E-state index contributed by atoms with van der Waals surface area (Å²) in [5, 5.41) is 5.12. The molecule has 0 fully saturated rings. The van der Waals surface area contributed by atoms with E-state index in [9.17, 15) is 0 Å². The molecule has 10 rings (SSSR count). The molecule has 0 unspecified atom stereocenters. The first-order valence-electron chi connectivity index (χ1n) is 16.7. The SMILES string of the molecule is CC1(C)c2cc(-c3ccc(N(c4ccccc4)c4ccc5c(c4)sc4ccccc45)cc3)ccc2Oc2c1ccc1sc3ccccc3c21. The largest absolute Gasteiger partial charge is 0.456 e. The van der Waals surface area contributed by atoms with Crippen molar-refractivity contribution in [3.05, 3.63) is 163 Å². The van der Waals surface area contributed by atoms with Crippen LogP contribution in [0.25, 0.3) is 51.5 Å². The monoisotopic (exact) mass is 665 g/mol. The van der Waals surface area contributed by atoms with E-state index in [1.165, 1.54) is 62.6 Å². The van der Waals surface area contributed by atoms with E-state index >= 15 is 0 Å². The smallest absolute Gasteiger partial charge is 0.140 e. The molecule has 0 atom stereocenters. The van der Waals surface area contributed by atoms with Crippen molar-refractivity contribution in [1.82, 2.24) is 0 Å². The minimum Gasteiger partial charge on any atom is -0.456 e. The second-order valence-electron chi connectivity index (χ2n) is 13.3. The van der Waals surface area contributed by atoms with Crippen LogP contribution >= 0.6 is 22.7 Å². The van der Waals surface area contributed by atoms with Crippen LogP contribution in [-0.4, -0.2) is 0 Å². The third-order valence-electron chi connectivity index (χ3n) is 10.1. The van der Waals surface area contributed by atoms with Gasteiger partial charge in [0.1, 0.15) is 11.5 Å². The third kappa shape index (κ3) is 4.45. The summed E-state index contributed by atoms with van der Waals surface area (Å²) in [6, 6.07) is 55.0. The van der Waals surface area contributed by atoms with E-state index in [2.05, 4.69) is 170 Å². The quantitative estimate of drug-likeness (QED) is 0.185. The highest BCUT2D eigenvalue weighted by Crippen LogP contribution is 2.53. The summed E-state index contributed by atoms with van der Waals surface area (Å²) in [4.78, 5) is 2.35. The van der Waals surface area contributed by atoms with Gasteiger partial charge in [-0.25, -0.2) is 0 Å². The van der Waals surface area contributed by atoms with Gasteiger partial charge in [-0.2, -0.15) is 0 Å². The minimum atomic E-state index is -0.217. The molecule has 0 aliphatic carbocycles. The van der Waals surface area contributed by atoms with Crippen LogP contribution in [0.1, 0.15) is 25.0 Å². The van der Waals surface area contributed by atoms with E-state index in [4.69, 9.17) is 4.74 Å². The van der Waals surface area contributed by atoms with Crippen molar-refractivity contribution in [3.63, 3.8) is 0 Å². The molecule has 2 aromatic heterocycles. The lowest BCUT2D eigenvalue weighted by Crippen LogP contribution is -2.24. The molecule has 0 bridgehead atoms. The van der Waals surface area contributed by atoms with Gasteiger partial charge in [0.25, 0.3) is 0 Å². The van der Waals surface area contributed by atoms with Crippen LogP contribution in [0.4, 0.5) is 17.1 Å². The predicted octanol–water partition coefficient (Wildman–Crippen LogP) is 14.0. The Hall–Kier alpha value is -5.42. The molecule has 9 aromatic rings. The van der Waals surface area contributed by atoms with Crippen LogP contribution in [-0.2, 0) is 5.41 Å². The van der Waals surface area contributed by atoms with E-state index in [1.807, 2.05) is 22.7 Å². The topological polar surface area (TPSA) is 12.5 Å². The Balaban J connectivity index is 1.03. The highest BCUT2D eigenvalue weighted by atomic mass is 32.1. The molecule has 0 saturated heterocycles. The lowest BCUT2D eigenvalue weighted by Gasteiger charge is -2.35. The summed E-state index contributed by atoms with van der Waals surface area (Å²) >= 11 is 3.69. The van der Waals surface area contributed by atoms with E-state index in [-0.39, 0.29) is 5.41 Å². The number of hydrogen-bond acceptors (Lipinski definition) is 4. The van der Waals surface area contributed by atoms with Crippen molar-refractivity contribution < 1.29 is 4.74 Å². The van der Waals surface area contributed by atoms with Crippen LogP contribution in [0.5, 0.6) is 11.5 Å². The molecule has 1 aliphatic rings. The fraction of sp³-hybridized carbons (Fsp3) is 0.0667. The zero-order valence-electron chi connectivity index (χ0n) is 27.1. The van der Waals surface area contributed by atoms with E-state index in [0.717, 1.165) is 28.6 Å². The number of ether oxygens (including phenoxy) is 1. The average Bonchev–Trinajstić information content (AvgIpc) is 3.71. The summed E-state index contributed by atoms with van der Waals surface area (Å²) in [5.74, 6) is 1.94. The number of nitrogens with zero attached hydrogens (tertiary/aromatic N) is 1. The van der Waals surface area contributed by atoms with Gasteiger partial charge in [0.2, 0.25) is 0 Å². The maximum absolute atomic E-state index is 6.78. The van der Waals surface area contributed by atoms with E-state index < -0.39 is 0 Å². The normalized spacial score (nSPS) is 13.4.